The largest absolute Gasteiger partial charge is 0.343 e. The summed E-state index contributed by atoms with van der Waals surface area (Å²) >= 11 is 0. The molecule has 0 radical (unpaired) electrons. The van der Waals surface area contributed by atoms with Gasteiger partial charge in [0, 0.05) is 32.5 Å². The number of piperidine rings is 1. The number of carbonyl (C=O) groups is 1. The van der Waals surface area contributed by atoms with Crippen LogP contribution in [-0.2, 0) is 21.2 Å². The predicted molar refractivity (Wildman–Crippen MR) is 73.6 cm³/mol. The van der Waals surface area contributed by atoms with Crippen LogP contribution in [0.25, 0.3) is 0 Å². The standard InChI is InChI=1S/C12H20N4O3S/c1-3-11-13-8-12(14-11)20(18,19)15-10-4-6-16(7-5-10)9(2)17/h8,10,15H,3-7H2,1-2H3,(H,13,14). The van der Waals surface area contributed by atoms with E-state index in [1.165, 1.54) is 13.1 Å². The maximum atomic E-state index is 12.2. The van der Waals surface area contributed by atoms with Gasteiger partial charge in [-0.15, -0.1) is 0 Å². The number of aromatic nitrogens is 2. The van der Waals surface area contributed by atoms with Crippen molar-refractivity contribution in [2.45, 2.75) is 44.2 Å². The first-order chi connectivity index (χ1) is 9.42. The maximum absolute atomic E-state index is 12.2. The summed E-state index contributed by atoms with van der Waals surface area (Å²) in [5, 5.41) is 0.100. The quantitative estimate of drug-likeness (QED) is 0.834. The van der Waals surface area contributed by atoms with Crippen molar-refractivity contribution in [3.05, 3.63) is 12.0 Å². The minimum absolute atomic E-state index is 0.0347. The molecule has 2 heterocycles. The molecule has 2 N–H and O–H groups in total. The molecule has 1 aromatic rings. The molecule has 1 aliphatic heterocycles. The molecule has 0 saturated carbocycles. The van der Waals surface area contributed by atoms with E-state index in [4.69, 9.17) is 0 Å². The zero-order chi connectivity index (χ0) is 14.8. The second-order valence-electron chi connectivity index (χ2n) is 4.95. The van der Waals surface area contributed by atoms with E-state index >= 15 is 0 Å². The van der Waals surface area contributed by atoms with Crippen molar-refractivity contribution in [1.82, 2.24) is 19.6 Å². The lowest BCUT2D eigenvalue weighted by atomic mass is 10.1. The fourth-order valence-electron chi connectivity index (χ4n) is 2.25. The van der Waals surface area contributed by atoms with Gasteiger partial charge >= 0.3 is 0 Å². The van der Waals surface area contributed by atoms with E-state index in [0.717, 1.165) is 0 Å². The van der Waals surface area contributed by atoms with Crippen molar-refractivity contribution in [1.29, 1.82) is 0 Å². The molecule has 0 spiro atoms. The monoisotopic (exact) mass is 300 g/mol. The summed E-state index contributed by atoms with van der Waals surface area (Å²) in [5.41, 5.74) is 0. The van der Waals surface area contributed by atoms with Crippen molar-refractivity contribution < 1.29 is 13.2 Å². The Kier molecular flexibility index (Phi) is 4.44. The topological polar surface area (TPSA) is 95.2 Å². The van der Waals surface area contributed by atoms with E-state index in [2.05, 4.69) is 14.7 Å². The van der Waals surface area contributed by atoms with Gasteiger partial charge in [-0.2, -0.15) is 0 Å². The van der Waals surface area contributed by atoms with E-state index in [1.807, 2.05) is 6.92 Å². The van der Waals surface area contributed by atoms with Gasteiger partial charge in [-0.3, -0.25) is 4.79 Å². The average molecular weight is 300 g/mol. The van der Waals surface area contributed by atoms with Gasteiger partial charge in [-0.25, -0.2) is 18.1 Å². The summed E-state index contributed by atoms with van der Waals surface area (Å²) in [4.78, 5) is 19.7. The minimum atomic E-state index is -3.56. The number of aromatic amines is 1. The third-order valence-corrected chi connectivity index (χ3v) is 4.92. The number of H-pyrrole nitrogens is 1. The molecule has 1 saturated heterocycles. The first-order valence-corrected chi connectivity index (χ1v) is 8.22. The molecule has 20 heavy (non-hydrogen) atoms. The predicted octanol–water partition coefficient (Wildman–Crippen LogP) is 0.261. The van der Waals surface area contributed by atoms with Crippen LogP contribution in [0.15, 0.2) is 11.2 Å². The Morgan fingerprint density at radius 2 is 2.15 bits per heavy atom. The minimum Gasteiger partial charge on any atom is -0.343 e. The molecule has 0 unspecified atom stereocenters. The molecule has 112 valence electrons. The van der Waals surface area contributed by atoms with Gasteiger partial charge in [-0.05, 0) is 12.8 Å². The second-order valence-corrected chi connectivity index (χ2v) is 6.63. The number of carbonyl (C=O) groups excluding carboxylic acids is 1. The van der Waals surface area contributed by atoms with Crippen molar-refractivity contribution in [2.75, 3.05) is 13.1 Å². The SMILES string of the molecule is CCc1ncc(S(=O)(=O)NC2CCN(C(C)=O)CC2)[nH]1. The lowest BCUT2D eigenvalue weighted by molar-refractivity contribution is -0.129. The molecule has 0 aliphatic carbocycles. The van der Waals surface area contributed by atoms with Gasteiger partial charge in [0.25, 0.3) is 10.0 Å². The molecular formula is C12H20N4O3S. The third-order valence-electron chi connectivity index (χ3n) is 3.49. The summed E-state index contributed by atoms with van der Waals surface area (Å²) in [6.07, 6.45) is 3.26. The molecule has 7 nitrogen and oxygen atoms in total. The first-order valence-electron chi connectivity index (χ1n) is 6.74. The van der Waals surface area contributed by atoms with Crippen LogP contribution in [0.2, 0.25) is 0 Å². The smallest absolute Gasteiger partial charge is 0.257 e. The molecule has 1 fully saturated rings. The fraction of sp³-hybridized carbons (Fsp3) is 0.667. The van der Waals surface area contributed by atoms with Gasteiger partial charge in [0.2, 0.25) is 5.91 Å². The Hall–Kier alpha value is -1.41. The molecule has 0 aromatic carbocycles. The van der Waals surface area contributed by atoms with Crippen molar-refractivity contribution in [2.24, 2.45) is 0 Å². The molecular weight excluding hydrogens is 280 g/mol. The van der Waals surface area contributed by atoms with Crippen LogP contribution in [-0.4, -0.2) is 48.3 Å². The highest BCUT2D eigenvalue weighted by atomic mass is 32.2. The van der Waals surface area contributed by atoms with Gasteiger partial charge in [0.15, 0.2) is 5.03 Å². The zero-order valence-corrected chi connectivity index (χ0v) is 12.5. The van der Waals surface area contributed by atoms with E-state index in [1.54, 1.807) is 4.90 Å². The van der Waals surface area contributed by atoms with Crippen LogP contribution in [0.1, 0.15) is 32.5 Å². The molecule has 2 rings (SSSR count). The van der Waals surface area contributed by atoms with Crippen LogP contribution in [0.4, 0.5) is 0 Å². The summed E-state index contributed by atoms with van der Waals surface area (Å²) in [5.74, 6) is 0.684. The Bertz CT molecular complexity index is 573. The maximum Gasteiger partial charge on any atom is 0.257 e. The molecule has 8 heteroatoms. The molecule has 0 bridgehead atoms. The Morgan fingerprint density at radius 3 is 2.65 bits per heavy atom. The van der Waals surface area contributed by atoms with Crippen molar-refractivity contribution in [3.63, 3.8) is 0 Å². The van der Waals surface area contributed by atoms with Crippen LogP contribution >= 0.6 is 0 Å². The number of aryl methyl sites for hydroxylation is 1. The van der Waals surface area contributed by atoms with Crippen LogP contribution in [0.3, 0.4) is 0 Å². The Balaban J connectivity index is 1.98. The normalized spacial score (nSPS) is 17.4. The number of nitrogens with zero attached hydrogens (tertiary/aromatic N) is 2. The molecule has 0 atom stereocenters. The molecule has 1 aliphatic rings. The second kappa shape index (κ2) is 5.92. The number of imidazole rings is 1. The van der Waals surface area contributed by atoms with Gasteiger partial charge in [0.05, 0.1) is 6.20 Å². The summed E-state index contributed by atoms with van der Waals surface area (Å²) < 4.78 is 27.0. The van der Waals surface area contributed by atoms with Crippen molar-refractivity contribution in [3.8, 4) is 0 Å². The van der Waals surface area contributed by atoms with Crippen LogP contribution in [0, 0.1) is 0 Å². The third kappa shape index (κ3) is 3.37. The molecule has 1 amide bonds. The van der Waals surface area contributed by atoms with Gasteiger partial charge in [0.1, 0.15) is 5.82 Å². The number of hydrogen-bond acceptors (Lipinski definition) is 4. The number of nitrogens with one attached hydrogen (secondary N) is 2. The number of sulfonamides is 1. The van der Waals surface area contributed by atoms with E-state index in [9.17, 15) is 13.2 Å². The summed E-state index contributed by atoms with van der Waals surface area (Å²) in [7, 11) is -3.56. The number of rotatable bonds is 4. The van der Waals surface area contributed by atoms with Crippen LogP contribution < -0.4 is 4.72 Å². The lowest BCUT2D eigenvalue weighted by Gasteiger charge is -2.31. The highest BCUT2D eigenvalue weighted by Gasteiger charge is 2.26. The number of likely N-dealkylation sites (tertiary alicyclic amines) is 1. The van der Waals surface area contributed by atoms with E-state index < -0.39 is 10.0 Å². The average Bonchev–Trinajstić information content (AvgIpc) is 2.88. The highest BCUT2D eigenvalue weighted by molar-refractivity contribution is 7.89. The van der Waals surface area contributed by atoms with E-state index in [-0.39, 0.29) is 17.0 Å². The Morgan fingerprint density at radius 1 is 1.50 bits per heavy atom. The van der Waals surface area contributed by atoms with Crippen LogP contribution in [0.5, 0.6) is 0 Å². The van der Waals surface area contributed by atoms with Gasteiger partial charge in [-0.1, -0.05) is 6.92 Å². The fourth-order valence-corrected chi connectivity index (χ4v) is 3.50. The summed E-state index contributed by atoms with van der Waals surface area (Å²) in [6, 6.07) is -0.135. The number of amides is 1. The molecule has 1 aromatic heterocycles. The zero-order valence-electron chi connectivity index (χ0n) is 11.7. The first kappa shape index (κ1) is 15.0. The number of hydrogen-bond donors (Lipinski definition) is 2. The van der Waals surface area contributed by atoms with Crippen molar-refractivity contribution >= 4 is 15.9 Å². The van der Waals surface area contributed by atoms with Gasteiger partial charge < -0.3 is 9.88 Å². The highest BCUT2D eigenvalue weighted by Crippen LogP contribution is 2.14. The Labute approximate surface area is 118 Å². The lowest BCUT2D eigenvalue weighted by Crippen LogP contribution is -2.45. The summed E-state index contributed by atoms with van der Waals surface area (Å²) in [6.45, 7) is 4.61. The van der Waals surface area contributed by atoms with E-state index in [0.29, 0.717) is 38.2 Å².